The highest BCUT2D eigenvalue weighted by molar-refractivity contribution is 5.71. The van der Waals surface area contributed by atoms with Crippen LogP contribution in [0.15, 0.2) is 23.8 Å². The molecular formula is C11H12F6O2. The number of alkyl halides is 6. The van der Waals surface area contributed by atoms with E-state index < -0.39 is 30.8 Å². The van der Waals surface area contributed by atoms with Crippen molar-refractivity contribution in [2.45, 2.75) is 38.7 Å². The Morgan fingerprint density at radius 2 is 1.74 bits per heavy atom. The topological polar surface area (TPSA) is 26.3 Å². The molecule has 110 valence electrons. The second kappa shape index (κ2) is 6.63. The van der Waals surface area contributed by atoms with Crippen LogP contribution in [-0.4, -0.2) is 24.4 Å². The van der Waals surface area contributed by atoms with Gasteiger partial charge in [-0.05, 0) is 13.8 Å². The molecular weight excluding hydrogens is 278 g/mol. The zero-order valence-electron chi connectivity index (χ0n) is 10.1. The Hall–Kier alpha value is -1.47. The molecule has 0 N–H and O–H groups in total. The Labute approximate surface area is 105 Å². The van der Waals surface area contributed by atoms with Crippen LogP contribution in [0.2, 0.25) is 0 Å². The van der Waals surface area contributed by atoms with Crippen LogP contribution >= 0.6 is 0 Å². The molecule has 19 heavy (non-hydrogen) atoms. The van der Waals surface area contributed by atoms with E-state index in [4.69, 9.17) is 0 Å². The fourth-order valence-electron chi connectivity index (χ4n) is 0.858. The summed E-state index contributed by atoms with van der Waals surface area (Å²) < 4.78 is 76.4. The first-order valence-electron chi connectivity index (χ1n) is 5.06. The standard InChI is InChI=1S/C11H12F6O2/c1-7(2)5-3-4-6-8(18)19-10(14,9(12)13)11(15,16)17/h3-5,9H,6H2,1-2H3/b4-3+. The number of allylic oxidation sites excluding steroid dienone is 3. The van der Waals surface area contributed by atoms with Crippen molar-refractivity contribution in [2.24, 2.45) is 0 Å². The number of carbonyl (C=O) groups excluding carboxylic acids is 1. The summed E-state index contributed by atoms with van der Waals surface area (Å²) in [6, 6.07) is 0. The van der Waals surface area contributed by atoms with Gasteiger partial charge in [-0.1, -0.05) is 23.8 Å². The van der Waals surface area contributed by atoms with Crippen molar-refractivity contribution in [3.05, 3.63) is 23.8 Å². The monoisotopic (exact) mass is 290 g/mol. The third-order valence-electron chi connectivity index (χ3n) is 1.78. The lowest BCUT2D eigenvalue weighted by molar-refractivity contribution is -0.355. The molecule has 0 spiro atoms. The lowest BCUT2D eigenvalue weighted by Gasteiger charge is -2.26. The quantitative estimate of drug-likeness (QED) is 0.435. The molecule has 0 saturated carbocycles. The van der Waals surface area contributed by atoms with Crippen molar-refractivity contribution in [3.8, 4) is 0 Å². The maximum atomic E-state index is 13.0. The fraction of sp³-hybridized carbons (Fsp3) is 0.545. The highest BCUT2D eigenvalue weighted by Crippen LogP contribution is 2.40. The summed E-state index contributed by atoms with van der Waals surface area (Å²) in [5.41, 5.74) is 0.840. The Bertz CT molecular complexity index is 368. The molecule has 0 aliphatic carbocycles. The van der Waals surface area contributed by atoms with Gasteiger partial charge in [-0.25, -0.2) is 8.78 Å². The van der Waals surface area contributed by atoms with Crippen LogP contribution in [0, 0.1) is 0 Å². The van der Waals surface area contributed by atoms with Gasteiger partial charge in [0.2, 0.25) is 0 Å². The van der Waals surface area contributed by atoms with Gasteiger partial charge in [-0.15, -0.1) is 0 Å². The maximum absolute atomic E-state index is 13.0. The zero-order chi connectivity index (χ0) is 15.3. The number of hydrogen-bond donors (Lipinski definition) is 0. The summed E-state index contributed by atoms with van der Waals surface area (Å²) in [6.07, 6.45) is -7.37. The summed E-state index contributed by atoms with van der Waals surface area (Å²) in [7, 11) is 0. The van der Waals surface area contributed by atoms with E-state index in [1.807, 2.05) is 0 Å². The van der Waals surface area contributed by atoms with Crippen molar-refractivity contribution in [1.29, 1.82) is 0 Å². The molecule has 0 fully saturated rings. The van der Waals surface area contributed by atoms with E-state index in [1.165, 1.54) is 12.2 Å². The predicted octanol–water partition coefficient (Wildman–Crippen LogP) is 3.94. The number of ether oxygens (including phenoxy) is 1. The average Bonchev–Trinajstić information content (AvgIpc) is 2.22. The molecule has 0 rings (SSSR count). The van der Waals surface area contributed by atoms with Crippen LogP contribution < -0.4 is 0 Å². The summed E-state index contributed by atoms with van der Waals surface area (Å²) in [4.78, 5) is 10.9. The first kappa shape index (κ1) is 17.5. The Morgan fingerprint density at radius 1 is 1.21 bits per heavy atom. The van der Waals surface area contributed by atoms with Gasteiger partial charge in [-0.3, -0.25) is 4.79 Å². The van der Waals surface area contributed by atoms with Gasteiger partial charge in [0.05, 0.1) is 6.42 Å². The average molecular weight is 290 g/mol. The minimum absolute atomic E-state index is 0.752. The first-order chi connectivity index (χ1) is 8.50. The molecule has 0 aromatic rings. The van der Waals surface area contributed by atoms with Gasteiger partial charge in [0.15, 0.2) is 0 Å². The van der Waals surface area contributed by atoms with Crippen LogP contribution in [0.3, 0.4) is 0 Å². The normalized spacial score (nSPS) is 15.4. The van der Waals surface area contributed by atoms with Crippen LogP contribution in [0.4, 0.5) is 26.3 Å². The zero-order valence-corrected chi connectivity index (χ0v) is 10.1. The van der Waals surface area contributed by atoms with Gasteiger partial charge in [0.1, 0.15) is 0 Å². The number of carbonyl (C=O) groups is 1. The molecule has 1 unspecified atom stereocenters. The van der Waals surface area contributed by atoms with Gasteiger partial charge < -0.3 is 4.74 Å². The molecule has 0 amide bonds. The van der Waals surface area contributed by atoms with Crippen molar-refractivity contribution < 1.29 is 35.9 Å². The second-order valence-corrected chi connectivity index (χ2v) is 3.79. The van der Waals surface area contributed by atoms with Crippen LogP contribution in [0.1, 0.15) is 20.3 Å². The molecule has 0 bridgehead atoms. The summed E-state index contributed by atoms with van der Waals surface area (Å²) in [5.74, 6) is -7.02. The third-order valence-corrected chi connectivity index (χ3v) is 1.78. The maximum Gasteiger partial charge on any atom is 0.466 e. The molecule has 0 aliphatic rings. The van der Waals surface area contributed by atoms with E-state index >= 15 is 0 Å². The lowest BCUT2D eigenvalue weighted by Crippen LogP contribution is -2.50. The molecule has 0 saturated heterocycles. The molecule has 0 radical (unpaired) electrons. The molecule has 1 atom stereocenters. The molecule has 0 aromatic carbocycles. The van der Waals surface area contributed by atoms with E-state index in [-0.39, 0.29) is 0 Å². The summed E-state index contributed by atoms with van der Waals surface area (Å²) in [6.45, 7) is 3.44. The van der Waals surface area contributed by atoms with Crippen molar-refractivity contribution >= 4 is 5.97 Å². The van der Waals surface area contributed by atoms with E-state index in [0.29, 0.717) is 0 Å². The summed E-state index contributed by atoms with van der Waals surface area (Å²) >= 11 is 0. The van der Waals surface area contributed by atoms with E-state index in [2.05, 4.69) is 4.74 Å². The fourth-order valence-corrected chi connectivity index (χ4v) is 0.858. The van der Waals surface area contributed by atoms with Crippen molar-refractivity contribution in [1.82, 2.24) is 0 Å². The van der Waals surface area contributed by atoms with Gasteiger partial charge in [0, 0.05) is 0 Å². The lowest BCUT2D eigenvalue weighted by atomic mass is 10.3. The Kier molecular flexibility index (Phi) is 6.11. The third kappa shape index (κ3) is 5.35. The van der Waals surface area contributed by atoms with E-state index in [9.17, 15) is 31.1 Å². The van der Waals surface area contributed by atoms with Crippen LogP contribution in [0.25, 0.3) is 0 Å². The van der Waals surface area contributed by atoms with Gasteiger partial charge in [0.25, 0.3) is 0 Å². The largest absolute Gasteiger partial charge is 0.466 e. The molecule has 2 nitrogen and oxygen atoms in total. The minimum Gasteiger partial charge on any atom is -0.415 e. The van der Waals surface area contributed by atoms with Crippen molar-refractivity contribution in [2.75, 3.05) is 0 Å². The van der Waals surface area contributed by atoms with Gasteiger partial charge >= 0.3 is 24.4 Å². The van der Waals surface area contributed by atoms with Crippen molar-refractivity contribution in [3.63, 3.8) is 0 Å². The first-order valence-corrected chi connectivity index (χ1v) is 5.06. The second-order valence-electron chi connectivity index (χ2n) is 3.79. The van der Waals surface area contributed by atoms with Crippen LogP contribution in [-0.2, 0) is 9.53 Å². The highest BCUT2D eigenvalue weighted by Gasteiger charge is 2.66. The Morgan fingerprint density at radius 3 is 2.11 bits per heavy atom. The smallest absolute Gasteiger partial charge is 0.415 e. The molecule has 0 aromatic heterocycles. The summed E-state index contributed by atoms with van der Waals surface area (Å²) in [5, 5.41) is 0. The minimum atomic E-state index is -6.00. The number of rotatable bonds is 5. The van der Waals surface area contributed by atoms with E-state index in [1.54, 1.807) is 13.8 Å². The highest BCUT2D eigenvalue weighted by atomic mass is 19.4. The number of esters is 1. The van der Waals surface area contributed by atoms with E-state index in [0.717, 1.165) is 11.6 Å². The predicted molar refractivity (Wildman–Crippen MR) is 55.2 cm³/mol. The number of halogens is 6. The van der Waals surface area contributed by atoms with Crippen LogP contribution in [0.5, 0.6) is 0 Å². The molecule has 0 aliphatic heterocycles. The Balaban J connectivity index is 4.68. The number of hydrogen-bond acceptors (Lipinski definition) is 2. The molecule has 8 heteroatoms. The molecule has 0 heterocycles. The van der Waals surface area contributed by atoms with Gasteiger partial charge in [-0.2, -0.15) is 17.6 Å². The SMILES string of the molecule is CC(C)=C/C=C/CC(=O)OC(F)(C(F)F)C(F)(F)F.